The summed E-state index contributed by atoms with van der Waals surface area (Å²) >= 11 is 0. The minimum Gasteiger partial charge on any atom is -0.341 e. The predicted octanol–water partition coefficient (Wildman–Crippen LogP) is 2.85. The molecule has 1 atom stereocenters. The summed E-state index contributed by atoms with van der Waals surface area (Å²) in [6.45, 7) is 3.17. The highest BCUT2D eigenvalue weighted by atomic mass is 32.2. The fraction of sp³-hybridized carbons (Fsp3) is 0.435. The Morgan fingerprint density at radius 2 is 1.93 bits per heavy atom. The van der Waals surface area contributed by atoms with Crippen LogP contribution in [0.25, 0.3) is 0 Å². The summed E-state index contributed by atoms with van der Waals surface area (Å²) in [5, 5.41) is 0. The predicted molar refractivity (Wildman–Crippen MR) is 118 cm³/mol. The maximum absolute atomic E-state index is 13.4. The molecule has 2 aliphatic rings. The van der Waals surface area contributed by atoms with Gasteiger partial charge in [-0.25, -0.2) is 8.42 Å². The summed E-state index contributed by atoms with van der Waals surface area (Å²) in [6.07, 6.45) is 2.74. The maximum Gasteiger partial charge on any atom is 0.264 e. The number of carbonyl (C=O) groups excluding carboxylic acids is 1. The number of sulfonamides is 1. The van der Waals surface area contributed by atoms with Gasteiger partial charge in [0, 0.05) is 32.2 Å². The Morgan fingerprint density at radius 1 is 1.13 bits per heavy atom. The van der Waals surface area contributed by atoms with Crippen LogP contribution in [0.15, 0.2) is 53.4 Å². The van der Waals surface area contributed by atoms with Gasteiger partial charge in [0.1, 0.15) is 0 Å². The lowest BCUT2D eigenvalue weighted by Gasteiger charge is -2.30. The third-order valence-corrected chi connectivity index (χ3v) is 7.91. The molecule has 2 heterocycles. The average molecular weight is 428 g/mol. The van der Waals surface area contributed by atoms with E-state index in [9.17, 15) is 13.2 Å². The molecular weight excluding hydrogens is 398 g/mol. The first-order valence-corrected chi connectivity index (χ1v) is 11.9. The van der Waals surface area contributed by atoms with Crippen molar-refractivity contribution in [3.8, 4) is 0 Å². The van der Waals surface area contributed by atoms with E-state index in [2.05, 4.69) is 11.9 Å². The molecule has 1 saturated heterocycles. The summed E-state index contributed by atoms with van der Waals surface area (Å²) in [7, 11) is 0.156. The fourth-order valence-electron chi connectivity index (χ4n) is 4.53. The summed E-state index contributed by atoms with van der Waals surface area (Å²) in [4.78, 5) is 17.1. The largest absolute Gasteiger partial charge is 0.341 e. The van der Waals surface area contributed by atoms with Gasteiger partial charge in [0.05, 0.1) is 10.6 Å². The molecule has 0 aliphatic carbocycles. The zero-order valence-electron chi connectivity index (χ0n) is 17.6. The number of hydrogen-bond acceptors (Lipinski definition) is 4. The summed E-state index contributed by atoms with van der Waals surface area (Å²) in [6, 6.07) is 14.1. The minimum atomic E-state index is -3.73. The van der Waals surface area contributed by atoms with Crippen LogP contribution in [0.1, 0.15) is 28.8 Å². The molecule has 2 aromatic carbocycles. The molecule has 2 aromatic rings. The van der Waals surface area contributed by atoms with Crippen LogP contribution in [0, 0.1) is 5.92 Å². The van der Waals surface area contributed by atoms with Crippen molar-refractivity contribution in [1.29, 1.82) is 0 Å². The Labute approximate surface area is 179 Å². The van der Waals surface area contributed by atoms with Gasteiger partial charge in [-0.15, -0.1) is 0 Å². The fourth-order valence-corrected chi connectivity index (χ4v) is 6.12. The van der Waals surface area contributed by atoms with Crippen LogP contribution < -0.4 is 4.31 Å². The summed E-state index contributed by atoms with van der Waals surface area (Å²) in [5.74, 6) is 0.321. The zero-order valence-corrected chi connectivity index (χ0v) is 18.4. The van der Waals surface area contributed by atoms with Crippen molar-refractivity contribution in [2.75, 3.05) is 44.6 Å². The van der Waals surface area contributed by atoms with E-state index in [1.165, 1.54) is 10.4 Å². The molecule has 0 aromatic heterocycles. The van der Waals surface area contributed by atoms with E-state index in [0.29, 0.717) is 24.6 Å². The molecule has 7 heteroatoms. The Balaban J connectivity index is 1.56. The van der Waals surface area contributed by atoms with Crippen LogP contribution in [-0.4, -0.2) is 64.4 Å². The van der Waals surface area contributed by atoms with Gasteiger partial charge in [-0.1, -0.05) is 24.3 Å². The number of aryl methyl sites for hydroxylation is 1. The molecule has 0 spiro atoms. The third-order valence-electron chi connectivity index (χ3n) is 6.10. The molecule has 1 unspecified atom stereocenters. The van der Waals surface area contributed by atoms with Crippen LogP contribution in [-0.2, 0) is 16.4 Å². The topological polar surface area (TPSA) is 60.9 Å². The molecule has 0 N–H and O–H groups in total. The second kappa shape index (κ2) is 8.40. The number of nitrogens with zero attached hydrogens (tertiary/aromatic N) is 3. The van der Waals surface area contributed by atoms with E-state index in [1.807, 2.05) is 24.3 Å². The Bertz CT molecular complexity index is 1040. The number of amides is 1. The van der Waals surface area contributed by atoms with Crippen molar-refractivity contribution in [1.82, 2.24) is 9.80 Å². The monoisotopic (exact) mass is 427 g/mol. The SMILES string of the molecule is CN1CCC(CN(C)C(=O)c2cccc(S(=O)(=O)N3CCCc4ccccc43)c2)C1. The first-order chi connectivity index (χ1) is 14.4. The highest BCUT2D eigenvalue weighted by Gasteiger charge is 2.30. The molecule has 1 fully saturated rings. The molecule has 30 heavy (non-hydrogen) atoms. The number of rotatable bonds is 5. The van der Waals surface area contributed by atoms with Gasteiger partial charge in [-0.05, 0) is 68.6 Å². The lowest BCUT2D eigenvalue weighted by atomic mass is 10.0. The normalized spacial score (nSPS) is 19.5. The molecule has 1 amide bonds. The van der Waals surface area contributed by atoms with E-state index in [4.69, 9.17) is 0 Å². The first kappa shape index (κ1) is 20.9. The van der Waals surface area contributed by atoms with Gasteiger partial charge in [0.2, 0.25) is 0 Å². The smallest absolute Gasteiger partial charge is 0.264 e. The highest BCUT2D eigenvalue weighted by Crippen LogP contribution is 2.32. The van der Waals surface area contributed by atoms with Crippen LogP contribution in [0.3, 0.4) is 0 Å². The third kappa shape index (κ3) is 4.09. The number of carbonyl (C=O) groups is 1. The van der Waals surface area contributed by atoms with Gasteiger partial charge < -0.3 is 9.80 Å². The molecule has 2 aliphatic heterocycles. The van der Waals surface area contributed by atoms with E-state index < -0.39 is 10.0 Å². The number of hydrogen-bond donors (Lipinski definition) is 0. The number of anilines is 1. The lowest BCUT2D eigenvalue weighted by molar-refractivity contribution is 0.0774. The van der Waals surface area contributed by atoms with E-state index in [0.717, 1.165) is 43.6 Å². The first-order valence-electron chi connectivity index (χ1n) is 10.5. The maximum atomic E-state index is 13.4. The number of para-hydroxylation sites is 1. The van der Waals surface area contributed by atoms with Crippen LogP contribution >= 0.6 is 0 Å². The van der Waals surface area contributed by atoms with E-state index in [1.54, 1.807) is 30.1 Å². The molecule has 0 bridgehead atoms. The minimum absolute atomic E-state index is 0.138. The number of benzene rings is 2. The van der Waals surface area contributed by atoms with Crippen LogP contribution in [0.2, 0.25) is 0 Å². The van der Waals surface area contributed by atoms with E-state index >= 15 is 0 Å². The van der Waals surface area contributed by atoms with Gasteiger partial charge in [-0.3, -0.25) is 9.10 Å². The summed E-state index contributed by atoms with van der Waals surface area (Å²) in [5.41, 5.74) is 2.19. The zero-order chi connectivity index (χ0) is 21.3. The van der Waals surface area contributed by atoms with Gasteiger partial charge >= 0.3 is 0 Å². The van der Waals surface area contributed by atoms with Crippen molar-refractivity contribution < 1.29 is 13.2 Å². The molecule has 0 radical (unpaired) electrons. The second-order valence-corrected chi connectivity index (χ2v) is 10.3. The summed E-state index contributed by atoms with van der Waals surface area (Å²) < 4.78 is 28.3. The average Bonchev–Trinajstić information content (AvgIpc) is 3.17. The molecule has 4 rings (SSSR count). The number of fused-ring (bicyclic) bond motifs is 1. The van der Waals surface area contributed by atoms with E-state index in [-0.39, 0.29) is 10.8 Å². The van der Waals surface area contributed by atoms with Gasteiger partial charge in [-0.2, -0.15) is 0 Å². The molecule has 160 valence electrons. The standard InChI is InChI=1S/C23H29N3O3S/c1-24-14-12-18(16-24)17-25(2)23(27)20-8-5-10-21(15-20)30(28,29)26-13-6-9-19-7-3-4-11-22(19)26/h3-5,7-8,10-11,15,18H,6,9,12-14,16-17H2,1-2H3. The Morgan fingerprint density at radius 3 is 2.70 bits per heavy atom. The van der Waals surface area contributed by atoms with Gasteiger partial charge in [0.25, 0.3) is 15.9 Å². The van der Waals surface area contributed by atoms with Gasteiger partial charge in [0.15, 0.2) is 0 Å². The van der Waals surface area contributed by atoms with Crippen molar-refractivity contribution in [3.63, 3.8) is 0 Å². The highest BCUT2D eigenvalue weighted by molar-refractivity contribution is 7.92. The second-order valence-electron chi connectivity index (χ2n) is 8.44. The van der Waals surface area contributed by atoms with Crippen LogP contribution in [0.4, 0.5) is 5.69 Å². The van der Waals surface area contributed by atoms with Crippen LogP contribution in [0.5, 0.6) is 0 Å². The van der Waals surface area contributed by atoms with Crippen molar-refractivity contribution in [2.45, 2.75) is 24.2 Å². The molecule has 6 nitrogen and oxygen atoms in total. The van der Waals surface area contributed by atoms with Crippen molar-refractivity contribution in [3.05, 3.63) is 59.7 Å². The Kier molecular flexibility index (Phi) is 5.84. The van der Waals surface area contributed by atoms with Crippen molar-refractivity contribution >= 4 is 21.6 Å². The molecular formula is C23H29N3O3S. The lowest BCUT2D eigenvalue weighted by Crippen LogP contribution is -2.36. The quantitative estimate of drug-likeness (QED) is 0.736. The van der Waals surface area contributed by atoms with Crippen molar-refractivity contribution in [2.24, 2.45) is 5.92 Å². The Hall–Kier alpha value is -2.38. The molecule has 0 saturated carbocycles. The number of likely N-dealkylation sites (tertiary alicyclic amines) is 1.